The molecule has 0 aliphatic heterocycles. The maximum atomic E-state index is 12.1. The van der Waals surface area contributed by atoms with Crippen molar-refractivity contribution in [2.45, 2.75) is 25.8 Å². The number of hydrogen-bond donors (Lipinski definition) is 2. The molecule has 0 amide bonds. The van der Waals surface area contributed by atoms with Gasteiger partial charge in [0.25, 0.3) is 0 Å². The number of imidazole rings is 1. The van der Waals surface area contributed by atoms with Gasteiger partial charge in [0, 0.05) is 24.7 Å². The summed E-state index contributed by atoms with van der Waals surface area (Å²) < 4.78 is 4.91. The Bertz CT molecular complexity index is 799. The van der Waals surface area contributed by atoms with E-state index in [9.17, 15) is 4.79 Å². The fourth-order valence-corrected chi connectivity index (χ4v) is 3.07. The van der Waals surface area contributed by atoms with Gasteiger partial charge in [-0.1, -0.05) is 6.92 Å². The normalized spacial score (nSPS) is 12.3. The first kappa shape index (κ1) is 15.4. The van der Waals surface area contributed by atoms with Crippen molar-refractivity contribution < 1.29 is 9.53 Å². The Morgan fingerprint density at radius 2 is 2.35 bits per heavy atom. The number of rotatable bonds is 6. The van der Waals surface area contributed by atoms with Gasteiger partial charge in [0.2, 0.25) is 0 Å². The minimum atomic E-state index is -0.553. The Hall–Kier alpha value is -2.48. The Morgan fingerprint density at radius 3 is 3.04 bits per heavy atom. The van der Waals surface area contributed by atoms with Gasteiger partial charge >= 0.3 is 5.97 Å². The first-order valence-electron chi connectivity index (χ1n) is 7.27. The van der Waals surface area contributed by atoms with Gasteiger partial charge in [-0.15, -0.1) is 11.3 Å². The first-order valence-corrected chi connectivity index (χ1v) is 8.15. The number of aromatic amines is 1. The zero-order chi connectivity index (χ0) is 16.2. The summed E-state index contributed by atoms with van der Waals surface area (Å²) in [4.78, 5) is 29.0. The second kappa shape index (κ2) is 6.74. The smallest absolute Gasteiger partial charge is 0.328 e. The average molecular weight is 331 g/mol. The highest BCUT2D eigenvalue weighted by Gasteiger charge is 2.22. The number of anilines is 1. The standard InChI is InChI=1S/C15H17N5O2S/c1-3-12-19-13(10-4-5-23-14(10)20-12)18-11(15(21)22-2)6-9-7-16-8-17-9/h4-5,7-8,11H,3,6H2,1-2H3,(H,16,17)(H,18,19,20)/t11-/m1/s1. The topological polar surface area (TPSA) is 92.8 Å². The monoisotopic (exact) mass is 331 g/mol. The minimum Gasteiger partial charge on any atom is -0.467 e. The summed E-state index contributed by atoms with van der Waals surface area (Å²) in [5.41, 5.74) is 0.847. The summed E-state index contributed by atoms with van der Waals surface area (Å²) in [6.07, 6.45) is 4.44. The van der Waals surface area contributed by atoms with Crippen molar-refractivity contribution in [3.05, 3.63) is 35.5 Å². The predicted molar refractivity (Wildman–Crippen MR) is 88.5 cm³/mol. The van der Waals surface area contributed by atoms with Crippen molar-refractivity contribution in [3.63, 3.8) is 0 Å². The van der Waals surface area contributed by atoms with Crippen LogP contribution < -0.4 is 5.32 Å². The Kier molecular flexibility index (Phi) is 4.52. The molecule has 3 aromatic heterocycles. The molecule has 0 aliphatic rings. The number of hydrogen-bond acceptors (Lipinski definition) is 7. The van der Waals surface area contributed by atoms with Crippen LogP contribution in [0.5, 0.6) is 0 Å². The highest BCUT2D eigenvalue weighted by molar-refractivity contribution is 7.16. The lowest BCUT2D eigenvalue weighted by Gasteiger charge is -2.17. The van der Waals surface area contributed by atoms with Gasteiger partial charge in [-0.05, 0) is 11.4 Å². The van der Waals surface area contributed by atoms with E-state index in [1.165, 1.54) is 7.11 Å². The molecule has 0 saturated carbocycles. The van der Waals surface area contributed by atoms with Gasteiger partial charge in [0.05, 0.1) is 18.8 Å². The van der Waals surface area contributed by atoms with Crippen molar-refractivity contribution in [3.8, 4) is 0 Å². The number of carbonyl (C=O) groups excluding carboxylic acids is 1. The summed E-state index contributed by atoms with van der Waals surface area (Å²) in [5.74, 6) is 1.05. The zero-order valence-corrected chi connectivity index (χ0v) is 13.7. The van der Waals surface area contributed by atoms with Gasteiger partial charge in [0.15, 0.2) is 0 Å². The molecule has 0 unspecified atom stereocenters. The van der Waals surface area contributed by atoms with E-state index < -0.39 is 6.04 Å². The first-order chi connectivity index (χ1) is 11.2. The SMILES string of the molecule is CCc1nc(N[C@H](Cc2cnc[nH]2)C(=O)OC)c2ccsc2n1. The number of nitrogens with zero attached hydrogens (tertiary/aromatic N) is 3. The molecule has 7 nitrogen and oxygen atoms in total. The van der Waals surface area contributed by atoms with Gasteiger partial charge in [-0.3, -0.25) is 0 Å². The minimum absolute atomic E-state index is 0.348. The molecule has 0 radical (unpaired) electrons. The lowest BCUT2D eigenvalue weighted by Crippen LogP contribution is -2.33. The quantitative estimate of drug-likeness (QED) is 0.673. The Balaban J connectivity index is 1.92. The van der Waals surface area contributed by atoms with E-state index >= 15 is 0 Å². The van der Waals surface area contributed by atoms with Gasteiger partial charge in [-0.2, -0.15) is 0 Å². The average Bonchev–Trinajstić information content (AvgIpc) is 3.24. The number of aromatic nitrogens is 4. The van der Waals surface area contributed by atoms with Gasteiger partial charge in [0.1, 0.15) is 22.5 Å². The van der Waals surface area contributed by atoms with Crippen LogP contribution in [-0.2, 0) is 22.4 Å². The maximum Gasteiger partial charge on any atom is 0.328 e. The Morgan fingerprint density at radius 1 is 1.48 bits per heavy atom. The fourth-order valence-electron chi connectivity index (χ4n) is 2.28. The van der Waals surface area contributed by atoms with Crippen LogP contribution >= 0.6 is 11.3 Å². The number of fused-ring (bicyclic) bond motifs is 1. The lowest BCUT2D eigenvalue weighted by molar-refractivity contribution is -0.141. The number of methoxy groups -OCH3 is 1. The van der Waals surface area contributed by atoms with Gasteiger partial charge in [-0.25, -0.2) is 19.7 Å². The molecule has 0 aliphatic carbocycles. The molecule has 8 heteroatoms. The molecule has 0 aromatic carbocycles. The molecule has 0 fully saturated rings. The second-order valence-corrected chi connectivity index (χ2v) is 5.88. The third-order valence-corrected chi connectivity index (χ3v) is 4.27. The third kappa shape index (κ3) is 3.31. The van der Waals surface area contributed by atoms with Crippen LogP contribution in [0.25, 0.3) is 10.2 Å². The summed E-state index contributed by atoms with van der Waals surface area (Å²) in [7, 11) is 1.38. The number of aryl methyl sites for hydroxylation is 1. The van der Waals surface area contributed by atoms with Crippen molar-refractivity contribution >= 4 is 33.3 Å². The number of thiophene rings is 1. The van der Waals surface area contributed by atoms with E-state index in [2.05, 4.69) is 25.3 Å². The maximum absolute atomic E-state index is 12.1. The second-order valence-electron chi connectivity index (χ2n) is 4.98. The molecular formula is C15H17N5O2S. The number of nitrogens with one attached hydrogen (secondary N) is 2. The van der Waals surface area contributed by atoms with Crippen LogP contribution in [0.3, 0.4) is 0 Å². The molecule has 3 rings (SSSR count). The van der Waals surface area contributed by atoms with E-state index in [1.54, 1.807) is 23.9 Å². The van der Waals surface area contributed by atoms with Crippen molar-refractivity contribution in [2.75, 3.05) is 12.4 Å². The Labute approximate surface area is 137 Å². The molecule has 120 valence electrons. The number of ether oxygens (including phenoxy) is 1. The van der Waals surface area contributed by atoms with Gasteiger partial charge < -0.3 is 15.0 Å². The molecule has 1 atom stereocenters. The molecule has 3 aromatic rings. The highest BCUT2D eigenvalue weighted by Crippen LogP contribution is 2.26. The molecule has 23 heavy (non-hydrogen) atoms. The molecule has 0 saturated heterocycles. The van der Waals surface area contributed by atoms with Crippen LogP contribution in [0.4, 0.5) is 5.82 Å². The number of carbonyl (C=O) groups is 1. The predicted octanol–water partition coefficient (Wildman–Crippen LogP) is 2.17. The highest BCUT2D eigenvalue weighted by atomic mass is 32.1. The van der Waals surface area contributed by atoms with Crippen LogP contribution in [0, 0.1) is 0 Å². The number of H-pyrrole nitrogens is 1. The third-order valence-electron chi connectivity index (χ3n) is 3.46. The summed E-state index contributed by atoms with van der Waals surface area (Å²) in [5, 5.41) is 6.08. The number of esters is 1. The fraction of sp³-hybridized carbons (Fsp3) is 0.333. The van der Waals surface area contributed by atoms with Crippen molar-refractivity contribution in [2.24, 2.45) is 0 Å². The largest absolute Gasteiger partial charge is 0.467 e. The van der Waals surface area contributed by atoms with E-state index in [4.69, 9.17) is 4.74 Å². The molecule has 2 N–H and O–H groups in total. The lowest BCUT2D eigenvalue weighted by atomic mass is 10.1. The van der Waals surface area contributed by atoms with E-state index in [0.29, 0.717) is 12.2 Å². The van der Waals surface area contributed by atoms with Crippen molar-refractivity contribution in [1.29, 1.82) is 0 Å². The summed E-state index contributed by atoms with van der Waals surface area (Å²) >= 11 is 1.55. The van der Waals surface area contributed by atoms with E-state index in [0.717, 1.165) is 28.2 Å². The van der Waals surface area contributed by atoms with E-state index in [-0.39, 0.29) is 5.97 Å². The van der Waals surface area contributed by atoms with Crippen LogP contribution in [0.2, 0.25) is 0 Å². The zero-order valence-electron chi connectivity index (χ0n) is 12.9. The molecule has 0 bridgehead atoms. The summed E-state index contributed by atoms with van der Waals surface area (Å²) in [6.45, 7) is 2.00. The van der Waals surface area contributed by atoms with Crippen molar-refractivity contribution in [1.82, 2.24) is 19.9 Å². The van der Waals surface area contributed by atoms with Crippen LogP contribution in [0.15, 0.2) is 24.0 Å². The molecular weight excluding hydrogens is 314 g/mol. The van der Waals surface area contributed by atoms with Crippen LogP contribution in [-0.4, -0.2) is 39.1 Å². The summed E-state index contributed by atoms with van der Waals surface area (Å²) in [6, 6.07) is 1.40. The molecule has 0 spiro atoms. The molecule has 3 heterocycles. The van der Waals surface area contributed by atoms with E-state index in [1.807, 2.05) is 18.4 Å². The van der Waals surface area contributed by atoms with Crippen LogP contribution in [0.1, 0.15) is 18.4 Å².